The molecule has 0 aliphatic heterocycles. The molecule has 3 heteroatoms. The van der Waals surface area contributed by atoms with Gasteiger partial charge >= 0.3 is 0 Å². The Morgan fingerprint density at radius 2 is 1.80 bits per heavy atom. The predicted molar refractivity (Wildman–Crippen MR) is 79.6 cm³/mol. The molecule has 104 valence electrons. The number of hydrogen-bond donors (Lipinski definition) is 1. The van der Waals surface area contributed by atoms with Gasteiger partial charge in [0.05, 0.1) is 5.69 Å². The molecule has 0 atom stereocenters. The highest BCUT2D eigenvalue weighted by molar-refractivity contribution is 5.33. The molecule has 0 amide bonds. The highest BCUT2D eigenvalue weighted by atomic mass is 15.3. The SMILES string of the molecule is c1cnn(-c2ccc(CNC(C3CC3)C3CC3)cc2)c1. The van der Waals surface area contributed by atoms with Gasteiger partial charge in [-0.1, -0.05) is 12.1 Å². The van der Waals surface area contributed by atoms with E-state index in [0.717, 1.165) is 30.1 Å². The van der Waals surface area contributed by atoms with Crippen molar-refractivity contribution in [3.05, 3.63) is 48.3 Å². The van der Waals surface area contributed by atoms with E-state index in [0.29, 0.717) is 0 Å². The predicted octanol–water partition coefficient (Wildman–Crippen LogP) is 3.15. The summed E-state index contributed by atoms with van der Waals surface area (Å²) in [5, 5.41) is 8.05. The fourth-order valence-electron chi connectivity index (χ4n) is 3.05. The van der Waals surface area contributed by atoms with Crippen molar-refractivity contribution < 1.29 is 0 Å². The summed E-state index contributed by atoms with van der Waals surface area (Å²) in [6.07, 6.45) is 9.53. The summed E-state index contributed by atoms with van der Waals surface area (Å²) in [6, 6.07) is 11.4. The van der Waals surface area contributed by atoms with Crippen molar-refractivity contribution in [2.45, 2.75) is 38.3 Å². The van der Waals surface area contributed by atoms with Crippen LogP contribution in [0.5, 0.6) is 0 Å². The first-order valence-corrected chi connectivity index (χ1v) is 7.72. The number of aromatic nitrogens is 2. The van der Waals surface area contributed by atoms with Gasteiger partial charge in [-0.05, 0) is 61.3 Å². The lowest BCUT2D eigenvalue weighted by molar-refractivity contribution is 0.416. The number of nitrogens with one attached hydrogen (secondary N) is 1. The van der Waals surface area contributed by atoms with Crippen LogP contribution in [0.4, 0.5) is 0 Å². The summed E-state index contributed by atoms with van der Waals surface area (Å²) in [7, 11) is 0. The minimum atomic E-state index is 0.779. The van der Waals surface area contributed by atoms with Crippen molar-refractivity contribution in [3.8, 4) is 5.69 Å². The van der Waals surface area contributed by atoms with Gasteiger partial charge in [-0.25, -0.2) is 4.68 Å². The van der Waals surface area contributed by atoms with Crippen LogP contribution in [0, 0.1) is 11.8 Å². The van der Waals surface area contributed by atoms with Gasteiger partial charge in [0.15, 0.2) is 0 Å². The van der Waals surface area contributed by atoms with Crippen LogP contribution in [0.25, 0.3) is 5.69 Å². The molecule has 1 aromatic heterocycles. The van der Waals surface area contributed by atoms with Crippen molar-refractivity contribution >= 4 is 0 Å². The molecule has 20 heavy (non-hydrogen) atoms. The van der Waals surface area contributed by atoms with Gasteiger partial charge in [0.2, 0.25) is 0 Å². The molecule has 0 bridgehead atoms. The van der Waals surface area contributed by atoms with E-state index >= 15 is 0 Å². The zero-order valence-corrected chi connectivity index (χ0v) is 11.7. The third-order valence-electron chi connectivity index (χ3n) is 4.51. The second-order valence-corrected chi connectivity index (χ2v) is 6.20. The Balaban J connectivity index is 1.39. The van der Waals surface area contributed by atoms with E-state index in [1.165, 1.54) is 31.2 Å². The Morgan fingerprint density at radius 1 is 1.10 bits per heavy atom. The number of nitrogens with zero attached hydrogens (tertiary/aromatic N) is 2. The first kappa shape index (κ1) is 12.2. The monoisotopic (exact) mass is 267 g/mol. The molecule has 2 saturated carbocycles. The van der Waals surface area contributed by atoms with E-state index in [2.05, 4.69) is 34.7 Å². The highest BCUT2D eigenvalue weighted by Gasteiger charge is 2.40. The normalized spacial score (nSPS) is 18.6. The third kappa shape index (κ3) is 2.63. The maximum Gasteiger partial charge on any atom is 0.0645 e. The quantitative estimate of drug-likeness (QED) is 0.871. The van der Waals surface area contributed by atoms with Gasteiger partial charge in [-0.15, -0.1) is 0 Å². The fraction of sp³-hybridized carbons (Fsp3) is 0.471. The molecule has 2 fully saturated rings. The second-order valence-electron chi connectivity index (χ2n) is 6.20. The van der Waals surface area contributed by atoms with Gasteiger partial charge in [-0.3, -0.25) is 0 Å². The van der Waals surface area contributed by atoms with Crippen LogP contribution in [0.1, 0.15) is 31.2 Å². The van der Waals surface area contributed by atoms with Gasteiger partial charge in [-0.2, -0.15) is 5.10 Å². The maximum atomic E-state index is 4.25. The van der Waals surface area contributed by atoms with E-state index in [-0.39, 0.29) is 0 Å². The number of benzene rings is 1. The van der Waals surface area contributed by atoms with E-state index in [4.69, 9.17) is 0 Å². The Morgan fingerprint density at radius 3 is 2.35 bits per heavy atom. The average Bonchev–Trinajstić information content (AvgIpc) is 3.41. The van der Waals surface area contributed by atoms with E-state index in [1.54, 1.807) is 0 Å². The molecule has 4 rings (SSSR count). The molecule has 1 aromatic carbocycles. The van der Waals surface area contributed by atoms with Gasteiger partial charge in [0.1, 0.15) is 0 Å². The topological polar surface area (TPSA) is 29.9 Å². The van der Waals surface area contributed by atoms with Crippen molar-refractivity contribution in [2.75, 3.05) is 0 Å². The van der Waals surface area contributed by atoms with Gasteiger partial charge in [0, 0.05) is 25.0 Å². The van der Waals surface area contributed by atoms with Crippen molar-refractivity contribution in [1.29, 1.82) is 0 Å². The minimum absolute atomic E-state index is 0.779. The minimum Gasteiger partial charge on any atom is -0.309 e. The molecule has 0 saturated heterocycles. The zero-order valence-electron chi connectivity index (χ0n) is 11.7. The Bertz CT molecular complexity index is 538. The van der Waals surface area contributed by atoms with Crippen LogP contribution >= 0.6 is 0 Å². The molecular weight excluding hydrogens is 246 g/mol. The molecule has 1 heterocycles. The molecule has 0 unspecified atom stereocenters. The average molecular weight is 267 g/mol. The van der Waals surface area contributed by atoms with Crippen LogP contribution in [-0.2, 0) is 6.54 Å². The molecular formula is C17H21N3. The number of rotatable bonds is 6. The number of hydrogen-bond acceptors (Lipinski definition) is 2. The highest BCUT2D eigenvalue weighted by Crippen LogP contribution is 2.44. The second kappa shape index (κ2) is 5.06. The first-order chi connectivity index (χ1) is 9.90. The van der Waals surface area contributed by atoms with Crippen LogP contribution in [-0.4, -0.2) is 15.8 Å². The van der Waals surface area contributed by atoms with Crippen molar-refractivity contribution in [2.24, 2.45) is 11.8 Å². The molecule has 1 N–H and O–H groups in total. The van der Waals surface area contributed by atoms with E-state index in [9.17, 15) is 0 Å². The lowest BCUT2D eigenvalue weighted by Crippen LogP contribution is -2.32. The molecule has 2 aliphatic carbocycles. The van der Waals surface area contributed by atoms with Crippen molar-refractivity contribution in [1.82, 2.24) is 15.1 Å². The molecule has 3 nitrogen and oxygen atoms in total. The smallest absolute Gasteiger partial charge is 0.0645 e. The largest absolute Gasteiger partial charge is 0.309 e. The lowest BCUT2D eigenvalue weighted by Gasteiger charge is -2.17. The standard InChI is InChI=1S/C17H21N3/c1-10-19-20(11-1)16-8-2-13(3-9-16)12-18-17(14-4-5-14)15-6-7-15/h1-3,8-11,14-15,17-18H,4-7,12H2. The molecule has 2 aromatic rings. The Kier molecular flexibility index (Phi) is 3.07. The van der Waals surface area contributed by atoms with Crippen LogP contribution in [0.2, 0.25) is 0 Å². The summed E-state index contributed by atoms with van der Waals surface area (Å²) >= 11 is 0. The summed E-state index contributed by atoms with van der Waals surface area (Å²) in [5.41, 5.74) is 2.49. The summed E-state index contributed by atoms with van der Waals surface area (Å²) < 4.78 is 1.90. The first-order valence-electron chi connectivity index (χ1n) is 7.72. The maximum absolute atomic E-state index is 4.25. The van der Waals surface area contributed by atoms with E-state index < -0.39 is 0 Å². The van der Waals surface area contributed by atoms with Crippen molar-refractivity contribution in [3.63, 3.8) is 0 Å². The molecule has 0 spiro atoms. The fourth-order valence-corrected chi connectivity index (χ4v) is 3.05. The molecule has 2 aliphatic rings. The summed E-state index contributed by atoms with van der Waals surface area (Å²) in [6.45, 7) is 0.997. The van der Waals surface area contributed by atoms with E-state index in [1.807, 2.05) is 23.1 Å². The van der Waals surface area contributed by atoms with Crippen LogP contribution in [0.3, 0.4) is 0 Å². The van der Waals surface area contributed by atoms with Crippen LogP contribution in [0.15, 0.2) is 42.7 Å². The Labute approximate surface area is 120 Å². The van der Waals surface area contributed by atoms with Crippen LogP contribution < -0.4 is 5.32 Å². The lowest BCUT2D eigenvalue weighted by atomic mass is 10.1. The van der Waals surface area contributed by atoms with Gasteiger partial charge < -0.3 is 5.32 Å². The summed E-state index contributed by atoms with van der Waals surface area (Å²) in [4.78, 5) is 0. The summed E-state index contributed by atoms with van der Waals surface area (Å²) in [5.74, 6) is 1.93. The Hall–Kier alpha value is -1.61. The van der Waals surface area contributed by atoms with Gasteiger partial charge in [0.25, 0.3) is 0 Å². The third-order valence-corrected chi connectivity index (χ3v) is 4.51. The molecule has 0 radical (unpaired) electrons. The zero-order chi connectivity index (χ0) is 13.4.